The van der Waals surface area contributed by atoms with Crippen LogP contribution < -0.4 is 5.32 Å². The van der Waals surface area contributed by atoms with Crippen molar-refractivity contribution < 1.29 is 23.5 Å². The average molecular weight is 390 g/mol. The second-order valence-corrected chi connectivity index (χ2v) is 7.95. The second-order valence-electron chi connectivity index (χ2n) is 7.95. The number of benzene rings is 1. The summed E-state index contributed by atoms with van der Waals surface area (Å²) in [4.78, 5) is 27.4. The van der Waals surface area contributed by atoms with Gasteiger partial charge in [0.1, 0.15) is 5.82 Å². The normalized spacial score (nSPS) is 27.6. The van der Waals surface area contributed by atoms with E-state index in [1.54, 1.807) is 17.0 Å². The van der Waals surface area contributed by atoms with Crippen LogP contribution >= 0.6 is 0 Å². The Balaban J connectivity index is 1.37. The highest BCUT2D eigenvalue weighted by molar-refractivity contribution is 5.84. The zero-order valence-electron chi connectivity index (χ0n) is 15.9. The van der Waals surface area contributed by atoms with Gasteiger partial charge in [-0.3, -0.25) is 9.59 Å². The third-order valence-electron chi connectivity index (χ3n) is 6.10. The fourth-order valence-corrected chi connectivity index (χ4v) is 4.54. The summed E-state index contributed by atoms with van der Waals surface area (Å²) in [5, 5.41) is 3.06. The van der Waals surface area contributed by atoms with Gasteiger partial charge in [-0.1, -0.05) is 12.1 Å². The van der Waals surface area contributed by atoms with Gasteiger partial charge in [-0.05, 0) is 42.9 Å². The van der Waals surface area contributed by atoms with Crippen LogP contribution in [-0.4, -0.2) is 61.8 Å². The molecule has 1 aromatic carbocycles. The molecule has 1 N–H and O–H groups in total. The summed E-state index contributed by atoms with van der Waals surface area (Å²) in [6.45, 7) is 3.07. The summed E-state index contributed by atoms with van der Waals surface area (Å²) < 4.78 is 24.6. The number of rotatable bonds is 5. The lowest BCUT2D eigenvalue weighted by atomic mass is 9.98. The maximum absolute atomic E-state index is 13.4. The fourth-order valence-electron chi connectivity index (χ4n) is 4.54. The zero-order valence-corrected chi connectivity index (χ0v) is 15.9. The minimum absolute atomic E-state index is 0.0375. The standard InChI is InChI=1S/C21H27FN2O4/c22-16-3-1-2-15(10-16)11-19(25)24-13-17(20-18(24)6-9-28-20)21(26)23-12-14-4-7-27-8-5-14/h1-3,10,14,17-18,20H,4-9,11-13H2,(H,23,26)/t17-,18+,20+/m1/s1. The molecule has 0 saturated carbocycles. The molecule has 4 rings (SSSR count). The van der Waals surface area contributed by atoms with Gasteiger partial charge >= 0.3 is 0 Å². The van der Waals surface area contributed by atoms with Gasteiger partial charge in [0.05, 0.1) is 24.5 Å². The quantitative estimate of drug-likeness (QED) is 0.828. The number of halogens is 1. The van der Waals surface area contributed by atoms with Crippen molar-refractivity contribution in [1.29, 1.82) is 0 Å². The van der Waals surface area contributed by atoms with Crippen molar-refractivity contribution in [1.82, 2.24) is 10.2 Å². The van der Waals surface area contributed by atoms with Crippen LogP contribution in [0.25, 0.3) is 0 Å². The largest absolute Gasteiger partial charge is 0.381 e. The number of hydrogen-bond acceptors (Lipinski definition) is 4. The van der Waals surface area contributed by atoms with Gasteiger partial charge in [0.2, 0.25) is 11.8 Å². The highest BCUT2D eigenvalue weighted by Gasteiger charge is 2.50. The average Bonchev–Trinajstić information content (AvgIpc) is 3.29. The highest BCUT2D eigenvalue weighted by Crippen LogP contribution is 2.34. The molecule has 3 saturated heterocycles. The molecule has 0 aliphatic carbocycles. The van der Waals surface area contributed by atoms with Crippen LogP contribution in [-0.2, 0) is 25.5 Å². The molecule has 3 fully saturated rings. The van der Waals surface area contributed by atoms with Crippen molar-refractivity contribution >= 4 is 11.8 Å². The predicted molar refractivity (Wildman–Crippen MR) is 100 cm³/mol. The molecule has 0 spiro atoms. The van der Waals surface area contributed by atoms with Crippen molar-refractivity contribution in [2.45, 2.75) is 37.8 Å². The summed E-state index contributed by atoms with van der Waals surface area (Å²) in [7, 11) is 0. The van der Waals surface area contributed by atoms with Gasteiger partial charge in [-0.15, -0.1) is 0 Å². The molecule has 7 heteroatoms. The fraction of sp³-hybridized carbons (Fsp3) is 0.619. The Labute approximate surface area is 164 Å². The lowest BCUT2D eigenvalue weighted by Gasteiger charge is -2.23. The van der Waals surface area contributed by atoms with E-state index in [2.05, 4.69) is 5.32 Å². The summed E-state index contributed by atoms with van der Waals surface area (Å²) in [6.07, 6.45) is 2.56. The minimum Gasteiger partial charge on any atom is -0.381 e. The van der Waals surface area contributed by atoms with Gasteiger partial charge in [-0.25, -0.2) is 4.39 Å². The molecule has 0 aromatic heterocycles. The number of hydrogen-bond donors (Lipinski definition) is 1. The molecular formula is C21H27FN2O4. The number of carbonyl (C=O) groups excluding carboxylic acids is 2. The van der Waals surface area contributed by atoms with E-state index < -0.39 is 0 Å². The molecule has 3 aliphatic heterocycles. The predicted octanol–water partition coefficient (Wildman–Crippen LogP) is 1.53. The van der Waals surface area contributed by atoms with E-state index in [0.717, 1.165) is 32.5 Å². The van der Waals surface area contributed by atoms with Crippen LogP contribution in [0.15, 0.2) is 24.3 Å². The van der Waals surface area contributed by atoms with E-state index in [4.69, 9.17) is 9.47 Å². The Morgan fingerprint density at radius 3 is 2.79 bits per heavy atom. The lowest BCUT2D eigenvalue weighted by Crippen LogP contribution is -2.40. The van der Waals surface area contributed by atoms with E-state index in [1.807, 2.05) is 0 Å². The van der Waals surface area contributed by atoms with Gasteiger partial charge in [-0.2, -0.15) is 0 Å². The summed E-state index contributed by atoms with van der Waals surface area (Å²) >= 11 is 0. The maximum atomic E-state index is 13.4. The van der Waals surface area contributed by atoms with Crippen LogP contribution in [0.5, 0.6) is 0 Å². The number of nitrogens with zero attached hydrogens (tertiary/aromatic N) is 1. The van der Waals surface area contributed by atoms with Crippen molar-refractivity contribution in [3.63, 3.8) is 0 Å². The molecule has 3 atom stereocenters. The molecule has 2 amide bonds. The molecule has 1 aromatic rings. The Hall–Kier alpha value is -1.99. The topological polar surface area (TPSA) is 67.9 Å². The molecule has 3 aliphatic rings. The van der Waals surface area contributed by atoms with E-state index in [1.165, 1.54) is 12.1 Å². The number of likely N-dealkylation sites (tertiary alicyclic amines) is 1. The van der Waals surface area contributed by atoms with E-state index in [-0.39, 0.29) is 42.1 Å². The molecule has 0 unspecified atom stereocenters. The first-order valence-corrected chi connectivity index (χ1v) is 10.1. The Morgan fingerprint density at radius 2 is 2.00 bits per heavy atom. The Morgan fingerprint density at radius 1 is 1.18 bits per heavy atom. The molecule has 6 nitrogen and oxygen atoms in total. The first-order valence-electron chi connectivity index (χ1n) is 10.1. The molecule has 3 heterocycles. The third-order valence-corrected chi connectivity index (χ3v) is 6.10. The van der Waals surface area contributed by atoms with Crippen LogP contribution in [0.2, 0.25) is 0 Å². The van der Waals surface area contributed by atoms with Crippen LogP contribution in [0.4, 0.5) is 4.39 Å². The number of nitrogens with one attached hydrogen (secondary N) is 1. The summed E-state index contributed by atoms with van der Waals surface area (Å²) in [5.41, 5.74) is 0.646. The molecule has 152 valence electrons. The summed E-state index contributed by atoms with van der Waals surface area (Å²) in [6, 6.07) is 6.03. The van der Waals surface area contributed by atoms with E-state index in [9.17, 15) is 14.0 Å². The minimum atomic E-state index is -0.348. The van der Waals surface area contributed by atoms with E-state index >= 15 is 0 Å². The first kappa shape index (κ1) is 19.3. The molecular weight excluding hydrogens is 363 g/mol. The maximum Gasteiger partial charge on any atom is 0.227 e. The number of carbonyl (C=O) groups is 2. The third kappa shape index (κ3) is 4.20. The Bertz CT molecular complexity index is 722. The number of ether oxygens (including phenoxy) is 2. The molecule has 0 bridgehead atoms. The van der Waals surface area contributed by atoms with Crippen molar-refractivity contribution in [2.24, 2.45) is 11.8 Å². The molecule has 0 radical (unpaired) electrons. The SMILES string of the molecule is O=C(NCC1CCOCC1)[C@@H]1CN(C(=O)Cc2cccc(F)c2)[C@H]2CCO[C@@H]12. The van der Waals surface area contributed by atoms with Crippen LogP contribution in [0.1, 0.15) is 24.8 Å². The van der Waals surface area contributed by atoms with Crippen molar-refractivity contribution in [2.75, 3.05) is 32.9 Å². The monoisotopic (exact) mass is 390 g/mol. The van der Waals surface area contributed by atoms with E-state index in [0.29, 0.717) is 31.2 Å². The van der Waals surface area contributed by atoms with Gasteiger partial charge in [0, 0.05) is 32.9 Å². The zero-order chi connectivity index (χ0) is 19.5. The number of fused-ring (bicyclic) bond motifs is 1. The smallest absolute Gasteiger partial charge is 0.227 e. The second kappa shape index (κ2) is 8.57. The van der Waals surface area contributed by atoms with Crippen LogP contribution in [0.3, 0.4) is 0 Å². The van der Waals surface area contributed by atoms with Crippen molar-refractivity contribution in [3.05, 3.63) is 35.6 Å². The van der Waals surface area contributed by atoms with Crippen LogP contribution in [0, 0.1) is 17.7 Å². The Kier molecular flexibility index (Phi) is 5.92. The lowest BCUT2D eigenvalue weighted by molar-refractivity contribution is -0.131. The number of amides is 2. The highest BCUT2D eigenvalue weighted by atomic mass is 19.1. The van der Waals surface area contributed by atoms with Gasteiger partial charge in [0.15, 0.2) is 0 Å². The van der Waals surface area contributed by atoms with Gasteiger partial charge < -0.3 is 19.7 Å². The first-order chi connectivity index (χ1) is 13.6. The van der Waals surface area contributed by atoms with Crippen molar-refractivity contribution in [3.8, 4) is 0 Å². The van der Waals surface area contributed by atoms with Gasteiger partial charge in [0.25, 0.3) is 0 Å². The molecule has 28 heavy (non-hydrogen) atoms. The summed E-state index contributed by atoms with van der Waals surface area (Å²) in [5.74, 6) is -0.358.